The molecule has 0 unspecified atom stereocenters. The van der Waals surface area contributed by atoms with E-state index in [4.69, 9.17) is 0 Å². The Kier molecular flexibility index (Phi) is 4.88. The third-order valence-corrected chi connectivity index (χ3v) is 5.39. The zero-order valence-electron chi connectivity index (χ0n) is 15.1. The number of nitrogens with zero attached hydrogens (tertiary/aromatic N) is 3. The van der Waals surface area contributed by atoms with Crippen molar-refractivity contribution in [2.45, 2.75) is 0 Å². The van der Waals surface area contributed by atoms with Crippen molar-refractivity contribution in [1.82, 2.24) is 9.55 Å². The van der Waals surface area contributed by atoms with Crippen LogP contribution in [0.2, 0.25) is 0 Å². The van der Waals surface area contributed by atoms with Gasteiger partial charge in [0.25, 0.3) is 0 Å². The Morgan fingerprint density at radius 2 is 1.79 bits per heavy atom. The monoisotopic (exact) mass is 385 g/mol. The van der Waals surface area contributed by atoms with Crippen LogP contribution in [0.3, 0.4) is 0 Å². The van der Waals surface area contributed by atoms with Crippen molar-refractivity contribution in [3.05, 3.63) is 88.6 Å². The lowest BCUT2D eigenvalue weighted by molar-refractivity contribution is 0.628. The van der Waals surface area contributed by atoms with Gasteiger partial charge in [0.05, 0.1) is 11.3 Å². The van der Waals surface area contributed by atoms with Crippen molar-refractivity contribution in [3.63, 3.8) is 0 Å². The van der Waals surface area contributed by atoms with Crippen LogP contribution in [0, 0.1) is 17.1 Å². The number of allylic oxidation sites excluding steroid dienone is 1. The summed E-state index contributed by atoms with van der Waals surface area (Å²) in [6.45, 7) is 0. The number of benzene rings is 2. The van der Waals surface area contributed by atoms with E-state index in [1.54, 1.807) is 12.1 Å². The highest BCUT2D eigenvalue weighted by Crippen LogP contribution is 2.28. The molecule has 0 aliphatic heterocycles. The number of hydrogen-bond donors (Lipinski definition) is 0. The van der Waals surface area contributed by atoms with Crippen LogP contribution in [0.25, 0.3) is 34.2 Å². The molecule has 0 bridgehead atoms. The summed E-state index contributed by atoms with van der Waals surface area (Å²) in [5.41, 5.74) is 5.18. The molecule has 0 aliphatic carbocycles. The molecule has 136 valence electrons. The van der Waals surface area contributed by atoms with Crippen LogP contribution in [0.5, 0.6) is 0 Å². The first-order valence-electron chi connectivity index (χ1n) is 8.70. The van der Waals surface area contributed by atoms with Crippen LogP contribution in [-0.4, -0.2) is 9.55 Å². The number of hydrogen-bond acceptors (Lipinski definition) is 3. The van der Waals surface area contributed by atoms with E-state index >= 15 is 0 Å². The highest BCUT2D eigenvalue weighted by Gasteiger charge is 2.11. The van der Waals surface area contributed by atoms with E-state index in [9.17, 15) is 9.65 Å². The topological polar surface area (TPSA) is 41.6 Å². The van der Waals surface area contributed by atoms with Gasteiger partial charge in [0.1, 0.15) is 16.9 Å². The van der Waals surface area contributed by atoms with Gasteiger partial charge in [-0.1, -0.05) is 30.3 Å². The third-order valence-electron chi connectivity index (χ3n) is 4.52. The van der Waals surface area contributed by atoms with Crippen molar-refractivity contribution in [2.24, 2.45) is 7.05 Å². The maximum absolute atomic E-state index is 13.1. The van der Waals surface area contributed by atoms with Gasteiger partial charge in [0.2, 0.25) is 0 Å². The minimum Gasteiger partial charge on any atom is -0.344 e. The Labute approximate surface area is 166 Å². The SMILES string of the molecule is Cn1c(/C=C(\C#N)c2nc(-c3ccc(F)cc3)cs2)ccc1-c1ccccc1. The summed E-state index contributed by atoms with van der Waals surface area (Å²) >= 11 is 1.40. The second-order valence-corrected chi connectivity index (χ2v) is 7.14. The minimum absolute atomic E-state index is 0.283. The molecule has 2 aromatic carbocycles. The van der Waals surface area contributed by atoms with E-state index in [1.165, 1.54) is 23.5 Å². The lowest BCUT2D eigenvalue weighted by Crippen LogP contribution is -1.94. The van der Waals surface area contributed by atoms with E-state index in [0.717, 1.165) is 28.2 Å². The molecular formula is C23H16FN3S. The summed E-state index contributed by atoms with van der Waals surface area (Å²) in [6, 6.07) is 22.6. The van der Waals surface area contributed by atoms with E-state index in [-0.39, 0.29) is 5.82 Å². The molecule has 0 spiro atoms. The molecule has 4 aromatic rings. The van der Waals surface area contributed by atoms with Crippen molar-refractivity contribution in [2.75, 3.05) is 0 Å². The van der Waals surface area contributed by atoms with Crippen molar-refractivity contribution in [3.8, 4) is 28.6 Å². The molecule has 0 radical (unpaired) electrons. The molecule has 28 heavy (non-hydrogen) atoms. The molecule has 2 aromatic heterocycles. The summed E-state index contributed by atoms with van der Waals surface area (Å²) in [7, 11) is 1.98. The molecule has 0 N–H and O–H groups in total. The number of rotatable bonds is 4. The zero-order chi connectivity index (χ0) is 19.5. The van der Waals surface area contributed by atoms with Gasteiger partial charge in [-0.05, 0) is 48.0 Å². The van der Waals surface area contributed by atoms with Crippen LogP contribution < -0.4 is 0 Å². The van der Waals surface area contributed by atoms with Gasteiger partial charge in [0.15, 0.2) is 0 Å². The number of nitriles is 1. The van der Waals surface area contributed by atoms with E-state index in [1.807, 2.05) is 48.8 Å². The number of halogens is 1. The lowest BCUT2D eigenvalue weighted by Gasteiger charge is -2.05. The fourth-order valence-corrected chi connectivity index (χ4v) is 3.81. The zero-order valence-corrected chi connectivity index (χ0v) is 15.9. The Balaban J connectivity index is 1.67. The fourth-order valence-electron chi connectivity index (χ4n) is 3.01. The quantitative estimate of drug-likeness (QED) is 0.403. The molecule has 0 saturated carbocycles. The van der Waals surface area contributed by atoms with Crippen LogP contribution in [0.15, 0.2) is 72.1 Å². The molecule has 0 saturated heterocycles. The minimum atomic E-state index is -0.283. The molecule has 5 heteroatoms. The molecular weight excluding hydrogens is 369 g/mol. The average Bonchev–Trinajstić information content (AvgIpc) is 3.35. The smallest absolute Gasteiger partial charge is 0.134 e. The predicted octanol–water partition coefficient (Wildman–Crippen LogP) is 6.02. The number of thiazole rings is 1. The van der Waals surface area contributed by atoms with Gasteiger partial charge < -0.3 is 4.57 Å². The van der Waals surface area contributed by atoms with Crippen LogP contribution >= 0.6 is 11.3 Å². The third kappa shape index (κ3) is 3.51. The molecule has 4 rings (SSSR count). The van der Waals surface area contributed by atoms with E-state index in [0.29, 0.717) is 10.6 Å². The van der Waals surface area contributed by atoms with Crippen molar-refractivity contribution in [1.29, 1.82) is 5.26 Å². The van der Waals surface area contributed by atoms with Gasteiger partial charge in [0, 0.05) is 29.4 Å². The summed E-state index contributed by atoms with van der Waals surface area (Å²) in [6.07, 6.45) is 1.85. The highest BCUT2D eigenvalue weighted by molar-refractivity contribution is 7.11. The van der Waals surface area contributed by atoms with Crippen molar-refractivity contribution >= 4 is 23.0 Å². The molecule has 2 heterocycles. The van der Waals surface area contributed by atoms with Crippen LogP contribution in [-0.2, 0) is 7.05 Å². The second kappa shape index (κ2) is 7.63. The molecule has 0 atom stereocenters. The second-order valence-electron chi connectivity index (χ2n) is 6.28. The molecule has 0 aliphatic rings. The lowest BCUT2D eigenvalue weighted by atomic mass is 10.2. The number of aromatic nitrogens is 2. The van der Waals surface area contributed by atoms with Gasteiger partial charge in [-0.15, -0.1) is 11.3 Å². The summed E-state index contributed by atoms with van der Waals surface area (Å²) in [5.74, 6) is -0.283. The summed E-state index contributed by atoms with van der Waals surface area (Å²) in [5, 5.41) is 12.2. The molecule has 3 nitrogen and oxygen atoms in total. The summed E-state index contributed by atoms with van der Waals surface area (Å²) in [4.78, 5) is 4.57. The molecule has 0 fully saturated rings. The first-order valence-corrected chi connectivity index (χ1v) is 9.58. The highest BCUT2D eigenvalue weighted by atomic mass is 32.1. The van der Waals surface area contributed by atoms with Gasteiger partial charge in [-0.25, -0.2) is 9.37 Å². The van der Waals surface area contributed by atoms with Crippen molar-refractivity contribution < 1.29 is 4.39 Å². The predicted molar refractivity (Wildman–Crippen MR) is 112 cm³/mol. The van der Waals surface area contributed by atoms with Gasteiger partial charge in [-0.2, -0.15) is 5.26 Å². The maximum atomic E-state index is 13.1. The summed E-state index contributed by atoms with van der Waals surface area (Å²) < 4.78 is 15.2. The Morgan fingerprint density at radius 3 is 2.50 bits per heavy atom. The van der Waals surface area contributed by atoms with Crippen LogP contribution in [0.4, 0.5) is 4.39 Å². The average molecular weight is 385 g/mol. The van der Waals surface area contributed by atoms with Crippen LogP contribution in [0.1, 0.15) is 10.7 Å². The van der Waals surface area contributed by atoms with Gasteiger partial charge in [-0.3, -0.25) is 0 Å². The standard InChI is InChI=1S/C23H16FN3S/c1-27-20(11-12-22(27)17-5-3-2-4-6-17)13-18(14-25)23-26-21(15-28-23)16-7-9-19(24)10-8-16/h2-13,15H,1H3/b18-13+. The Hall–Kier alpha value is -3.49. The van der Waals surface area contributed by atoms with E-state index in [2.05, 4.69) is 27.8 Å². The first-order chi connectivity index (χ1) is 13.7. The maximum Gasteiger partial charge on any atom is 0.134 e. The normalized spacial score (nSPS) is 11.4. The largest absolute Gasteiger partial charge is 0.344 e. The van der Waals surface area contributed by atoms with E-state index < -0.39 is 0 Å². The fraction of sp³-hybridized carbons (Fsp3) is 0.0435. The Morgan fingerprint density at radius 1 is 1.04 bits per heavy atom. The first kappa shape index (κ1) is 17.9. The van der Waals surface area contributed by atoms with Gasteiger partial charge >= 0.3 is 0 Å². The molecule has 0 amide bonds. The Bertz CT molecular complexity index is 1180.